The molecule has 14 nitrogen and oxygen atoms in total. The molecule has 1 aromatic heterocycles. The maximum Gasteiger partial charge on any atom is 0.408 e. The summed E-state index contributed by atoms with van der Waals surface area (Å²) < 4.78 is 53.6. The lowest BCUT2D eigenvalue weighted by Gasteiger charge is -2.43. The molecule has 4 aliphatic heterocycles. The summed E-state index contributed by atoms with van der Waals surface area (Å²) in [6.07, 6.45) is 5.16. The van der Waals surface area contributed by atoms with E-state index in [1.54, 1.807) is 30.3 Å². The molecule has 4 atom stereocenters. The Bertz CT molecular complexity index is 2720. The Balaban J connectivity index is 0.903. The van der Waals surface area contributed by atoms with Crippen molar-refractivity contribution in [3.05, 3.63) is 147 Å². The molecule has 1 aliphatic carbocycles. The van der Waals surface area contributed by atoms with Crippen molar-refractivity contribution in [2.24, 2.45) is 11.8 Å². The van der Waals surface area contributed by atoms with Crippen LogP contribution in [-0.2, 0) is 30.7 Å². The maximum atomic E-state index is 14.4. The number of alkyl carbamates (subject to hydrolysis) is 1. The molecule has 4 saturated heterocycles. The maximum absolute atomic E-state index is 14.4. The topological polar surface area (TPSA) is 174 Å². The van der Waals surface area contributed by atoms with E-state index in [9.17, 15) is 27.9 Å². The summed E-state index contributed by atoms with van der Waals surface area (Å²) in [5.74, 6) is -0.329. The van der Waals surface area contributed by atoms with Gasteiger partial charge in [0.05, 0.1) is 33.2 Å². The Morgan fingerprint density at radius 1 is 0.851 bits per heavy atom. The molecule has 1 saturated carbocycles. The van der Waals surface area contributed by atoms with Gasteiger partial charge in [-0.05, 0) is 115 Å². The molecule has 1 amide bonds. The van der Waals surface area contributed by atoms with Crippen LogP contribution in [0.3, 0.4) is 0 Å². The third kappa shape index (κ3) is 11.0. The van der Waals surface area contributed by atoms with E-state index in [0.717, 1.165) is 60.4 Å². The van der Waals surface area contributed by atoms with Crippen LogP contribution in [0.25, 0.3) is 0 Å². The molecule has 5 aromatic rings. The minimum absolute atomic E-state index is 0.00565. The number of esters is 2. The number of phenolic OH excluding ortho intramolecular Hbond substituents is 1. The number of sulfonamides is 1. The van der Waals surface area contributed by atoms with Gasteiger partial charge in [0.25, 0.3) is 0 Å². The van der Waals surface area contributed by atoms with Crippen molar-refractivity contribution in [2.45, 2.75) is 60.6 Å². The van der Waals surface area contributed by atoms with Gasteiger partial charge in [-0.25, -0.2) is 22.8 Å². The molecule has 2 bridgehead atoms. The van der Waals surface area contributed by atoms with E-state index < -0.39 is 45.6 Å². The molecule has 4 aromatic carbocycles. The highest BCUT2D eigenvalue weighted by molar-refractivity contribution is 8.02. The van der Waals surface area contributed by atoms with E-state index in [-0.39, 0.29) is 56.8 Å². The second-order valence-electron chi connectivity index (χ2n) is 17.1. The summed E-state index contributed by atoms with van der Waals surface area (Å²) in [6, 6.07) is 25.5. The predicted molar refractivity (Wildman–Crippen MR) is 252 cm³/mol. The number of amides is 1. The van der Waals surface area contributed by atoms with Gasteiger partial charge in [0.15, 0.2) is 16.9 Å². The molecule has 5 fully saturated rings. The Morgan fingerprint density at radius 3 is 2.33 bits per heavy atom. The number of nitrogens with zero attached hydrogens (tertiary/aromatic N) is 3. The van der Waals surface area contributed by atoms with Crippen molar-refractivity contribution in [2.75, 3.05) is 38.5 Å². The number of piperidine rings is 3. The number of benzene rings is 4. The molecule has 5 heterocycles. The zero-order chi connectivity index (χ0) is 46.7. The molecule has 350 valence electrons. The second-order valence-corrected chi connectivity index (χ2v) is 21.0. The van der Waals surface area contributed by atoms with Gasteiger partial charge in [0.1, 0.15) is 18.0 Å². The fourth-order valence-electron chi connectivity index (χ4n) is 8.65. The molecule has 67 heavy (non-hydrogen) atoms. The number of aromatic hydroxyl groups is 1. The number of carbonyl (C=O) groups is 3. The molecule has 5 aliphatic rings. The van der Waals surface area contributed by atoms with Gasteiger partial charge in [0.2, 0.25) is 10.0 Å². The van der Waals surface area contributed by atoms with Crippen LogP contribution in [0.5, 0.6) is 17.2 Å². The van der Waals surface area contributed by atoms with Crippen LogP contribution >= 0.6 is 35.0 Å². The Hall–Kier alpha value is -5.36. The molecular formula is C49H48Cl2N4O10S2. The molecule has 0 spiro atoms. The van der Waals surface area contributed by atoms with Crippen LogP contribution in [0, 0.1) is 11.8 Å². The lowest BCUT2D eigenvalue weighted by Crippen LogP contribution is -2.52. The van der Waals surface area contributed by atoms with Gasteiger partial charge in [-0.3, -0.25) is 9.88 Å². The summed E-state index contributed by atoms with van der Waals surface area (Å²) in [4.78, 5) is 47.4. The van der Waals surface area contributed by atoms with E-state index >= 15 is 0 Å². The van der Waals surface area contributed by atoms with Gasteiger partial charge in [-0.2, -0.15) is 4.31 Å². The standard InChI is InChI=1S/C49H48Cl2N4O10S2/c50-39-26-52-27-40(51)38(39)25-42(33-14-15-41(56)43(24-33)62-29-30-12-13-30)64-48(58)46-55(20-21-66-46)67(60,61)37-11-5-9-35(23-37)47(57)63-36-10-4-8-34(22-36)45(32-6-2-1-3-7-32)53-49(59)65-44-28-54-18-16-31(44)17-19-54/h1-11,14-15,22-24,26-27,30-31,42,44-46,56H,12-13,16-21,25,28-29H2,(H,53,59)/t42-,44-,45?,46-/m0/s1. The Labute approximate surface area is 402 Å². The van der Waals surface area contributed by atoms with Crippen molar-refractivity contribution in [3.8, 4) is 17.2 Å². The minimum atomic E-state index is -4.38. The summed E-state index contributed by atoms with van der Waals surface area (Å²) in [5, 5.41) is 12.8. The van der Waals surface area contributed by atoms with Crippen molar-refractivity contribution >= 4 is 63.0 Å². The number of fused-ring (bicyclic) bond motifs is 3. The van der Waals surface area contributed by atoms with E-state index in [0.29, 0.717) is 47.4 Å². The molecule has 2 N–H and O–H groups in total. The lowest BCUT2D eigenvalue weighted by molar-refractivity contribution is -0.150. The van der Waals surface area contributed by atoms with E-state index in [1.807, 2.05) is 36.4 Å². The summed E-state index contributed by atoms with van der Waals surface area (Å²) in [5.41, 5.74) is 2.29. The first-order valence-corrected chi connectivity index (χ1v) is 25.4. The summed E-state index contributed by atoms with van der Waals surface area (Å²) in [6.45, 7) is 3.16. The monoisotopic (exact) mass is 986 g/mol. The number of hydrogen-bond acceptors (Lipinski definition) is 13. The lowest BCUT2D eigenvalue weighted by atomic mass is 9.86. The quantitative estimate of drug-likeness (QED) is 0.0712. The van der Waals surface area contributed by atoms with Crippen molar-refractivity contribution in [1.29, 1.82) is 0 Å². The van der Waals surface area contributed by atoms with Crippen molar-refractivity contribution in [1.82, 2.24) is 19.5 Å². The molecule has 1 unspecified atom stereocenters. The normalized spacial score (nSPS) is 21.2. The first-order valence-electron chi connectivity index (χ1n) is 22.1. The number of thioether (sulfide) groups is 1. The van der Waals surface area contributed by atoms with Crippen LogP contribution in [-0.4, -0.2) is 95.8 Å². The SMILES string of the molecule is O=C(NC(c1ccccc1)c1cccc(OC(=O)c2cccc(S(=O)(=O)N3CCS[C@H]3C(=O)O[C@@H](Cc3c(Cl)cncc3Cl)c3ccc(O)c(OCC4CC4)c3)c2)c1)O[C@H]1CN2CCC1CC2. The summed E-state index contributed by atoms with van der Waals surface area (Å²) in [7, 11) is -4.38. The fourth-order valence-corrected chi connectivity index (χ4v) is 12.3. The zero-order valence-corrected chi connectivity index (χ0v) is 39.3. The van der Waals surface area contributed by atoms with Crippen LogP contribution < -0.4 is 14.8 Å². The van der Waals surface area contributed by atoms with Crippen LogP contribution in [0.1, 0.15) is 70.4 Å². The highest BCUT2D eigenvalue weighted by Gasteiger charge is 2.43. The molecule has 10 rings (SSSR count). The largest absolute Gasteiger partial charge is 0.504 e. The number of rotatable bonds is 16. The third-order valence-electron chi connectivity index (χ3n) is 12.5. The van der Waals surface area contributed by atoms with Crippen LogP contribution in [0.4, 0.5) is 4.79 Å². The van der Waals surface area contributed by atoms with Gasteiger partial charge in [-0.1, -0.05) is 77.8 Å². The van der Waals surface area contributed by atoms with E-state index in [2.05, 4.69) is 15.2 Å². The first-order chi connectivity index (χ1) is 32.4. The molecule has 0 radical (unpaired) electrons. The van der Waals surface area contributed by atoms with Gasteiger partial charge in [0, 0.05) is 37.7 Å². The number of phenols is 1. The van der Waals surface area contributed by atoms with E-state index in [4.69, 9.17) is 42.1 Å². The number of nitrogens with one attached hydrogen (secondary N) is 1. The highest BCUT2D eigenvalue weighted by atomic mass is 35.5. The van der Waals surface area contributed by atoms with Crippen LogP contribution in [0.15, 0.2) is 114 Å². The van der Waals surface area contributed by atoms with Gasteiger partial charge >= 0.3 is 18.0 Å². The smallest absolute Gasteiger partial charge is 0.408 e. The van der Waals surface area contributed by atoms with Gasteiger partial charge < -0.3 is 29.4 Å². The first kappa shape index (κ1) is 46.7. The number of aromatic nitrogens is 1. The van der Waals surface area contributed by atoms with Crippen molar-refractivity contribution in [3.63, 3.8) is 0 Å². The van der Waals surface area contributed by atoms with Crippen molar-refractivity contribution < 1.29 is 46.9 Å². The second kappa shape index (κ2) is 20.5. The van der Waals surface area contributed by atoms with Crippen LogP contribution in [0.2, 0.25) is 10.0 Å². The minimum Gasteiger partial charge on any atom is -0.504 e. The number of ether oxygens (including phenoxy) is 4. The predicted octanol–water partition coefficient (Wildman–Crippen LogP) is 8.60. The Morgan fingerprint density at radius 2 is 1.60 bits per heavy atom. The number of halogens is 2. The molecule has 18 heteroatoms. The molecular weight excluding hydrogens is 940 g/mol. The average Bonchev–Trinajstić information content (AvgIpc) is 4.03. The number of hydrogen-bond donors (Lipinski definition) is 2. The highest BCUT2D eigenvalue weighted by Crippen LogP contribution is 2.39. The number of pyridine rings is 1. The average molecular weight is 988 g/mol. The zero-order valence-electron chi connectivity index (χ0n) is 36.2. The fraction of sp³-hybridized carbons (Fsp3) is 0.347. The number of carbonyl (C=O) groups excluding carboxylic acids is 3. The summed E-state index contributed by atoms with van der Waals surface area (Å²) >= 11 is 14.1. The Kier molecular flexibility index (Phi) is 14.3. The third-order valence-corrected chi connectivity index (χ3v) is 16.3. The van der Waals surface area contributed by atoms with E-state index in [1.165, 1.54) is 42.7 Å². The van der Waals surface area contributed by atoms with Gasteiger partial charge in [-0.15, -0.1) is 11.8 Å².